The van der Waals surface area contributed by atoms with Crippen LogP contribution in [0.1, 0.15) is 44.5 Å². The third-order valence-corrected chi connectivity index (χ3v) is 4.86. The summed E-state index contributed by atoms with van der Waals surface area (Å²) in [5.41, 5.74) is 1.37. The number of nitrogens with one attached hydrogen (secondary N) is 2. The fourth-order valence-corrected chi connectivity index (χ4v) is 3.23. The molecule has 2 N–H and O–H groups in total. The van der Waals surface area contributed by atoms with E-state index < -0.39 is 11.9 Å². The molecular formula is C22H21N3O5S. The SMILES string of the molecule is CCCOC(=O)c1cccc(NC(=O)c2csc(NC(=O)c3ccc(OC)cc3)n2)c1. The molecule has 0 spiro atoms. The number of thiazole rings is 1. The highest BCUT2D eigenvalue weighted by Gasteiger charge is 2.15. The second kappa shape index (κ2) is 10.4. The Kier molecular flexibility index (Phi) is 7.34. The van der Waals surface area contributed by atoms with Crippen molar-refractivity contribution in [1.82, 2.24) is 4.98 Å². The molecule has 0 aliphatic heterocycles. The lowest BCUT2D eigenvalue weighted by atomic mass is 10.2. The van der Waals surface area contributed by atoms with Gasteiger partial charge in [-0.25, -0.2) is 9.78 Å². The number of benzene rings is 2. The van der Waals surface area contributed by atoms with Crippen LogP contribution in [0.5, 0.6) is 5.75 Å². The molecule has 1 heterocycles. The van der Waals surface area contributed by atoms with Gasteiger partial charge in [-0.15, -0.1) is 11.3 Å². The number of aromatic nitrogens is 1. The molecule has 0 saturated carbocycles. The number of rotatable bonds is 8. The number of hydrogen-bond acceptors (Lipinski definition) is 7. The average molecular weight is 439 g/mol. The van der Waals surface area contributed by atoms with Crippen molar-refractivity contribution in [3.63, 3.8) is 0 Å². The summed E-state index contributed by atoms with van der Waals surface area (Å²) in [5.74, 6) is -0.606. The van der Waals surface area contributed by atoms with E-state index in [1.165, 1.54) is 6.07 Å². The van der Waals surface area contributed by atoms with Crippen molar-refractivity contribution < 1.29 is 23.9 Å². The predicted molar refractivity (Wildman–Crippen MR) is 118 cm³/mol. The molecule has 0 unspecified atom stereocenters. The fourth-order valence-electron chi connectivity index (χ4n) is 2.54. The Hall–Kier alpha value is -3.72. The lowest BCUT2D eigenvalue weighted by Gasteiger charge is -2.06. The van der Waals surface area contributed by atoms with E-state index in [-0.39, 0.29) is 11.6 Å². The van der Waals surface area contributed by atoms with Crippen LogP contribution in [-0.2, 0) is 4.74 Å². The Balaban J connectivity index is 1.62. The maximum Gasteiger partial charge on any atom is 0.338 e. The Morgan fingerprint density at radius 3 is 2.48 bits per heavy atom. The minimum Gasteiger partial charge on any atom is -0.497 e. The number of esters is 1. The molecule has 0 aliphatic carbocycles. The molecule has 2 amide bonds. The number of nitrogens with zero attached hydrogens (tertiary/aromatic N) is 1. The number of methoxy groups -OCH3 is 1. The summed E-state index contributed by atoms with van der Waals surface area (Å²) in [5, 5.41) is 7.19. The Morgan fingerprint density at radius 2 is 1.77 bits per heavy atom. The largest absolute Gasteiger partial charge is 0.497 e. The number of carbonyl (C=O) groups is 3. The monoisotopic (exact) mass is 439 g/mol. The standard InChI is InChI=1S/C22H21N3O5S/c1-3-11-30-21(28)15-5-4-6-16(12-15)23-20(27)18-13-31-22(24-18)25-19(26)14-7-9-17(29-2)10-8-14/h4-10,12-13H,3,11H2,1-2H3,(H,23,27)(H,24,25,26). The van der Waals surface area contributed by atoms with Crippen molar-refractivity contribution in [2.75, 3.05) is 24.4 Å². The third-order valence-electron chi connectivity index (χ3n) is 4.10. The number of hydrogen-bond donors (Lipinski definition) is 2. The molecule has 0 bridgehead atoms. The molecule has 160 valence electrons. The topological polar surface area (TPSA) is 107 Å². The molecule has 3 rings (SSSR count). The molecule has 8 nitrogen and oxygen atoms in total. The van der Waals surface area contributed by atoms with Crippen molar-refractivity contribution in [3.8, 4) is 5.75 Å². The number of amides is 2. The highest BCUT2D eigenvalue weighted by atomic mass is 32.1. The third kappa shape index (κ3) is 5.89. The smallest absolute Gasteiger partial charge is 0.338 e. The van der Waals surface area contributed by atoms with E-state index in [0.29, 0.717) is 34.3 Å². The van der Waals surface area contributed by atoms with Crippen LogP contribution in [-0.4, -0.2) is 36.5 Å². The summed E-state index contributed by atoms with van der Waals surface area (Å²) >= 11 is 1.13. The summed E-state index contributed by atoms with van der Waals surface area (Å²) in [4.78, 5) is 41.0. The first-order valence-corrected chi connectivity index (χ1v) is 10.4. The molecule has 1 aromatic heterocycles. The first-order valence-electron chi connectivity index (χ1n) is 9.49. The molecule has 0 radical (unpaired) electrons. The molecule has 0 fully saturated rings. The van der Waals surface area contributed by atoms with Crippen LogP contribution in [0, 0.1) is 0 Å². The van der Waals surface area contributed by atoms with E-state index in [1.807, 2.05) is 6.92 Å². The Labute approximate surface area is 183 Å². The van der Waals surface area contributed by atoms with E-state index >= 15 is 0 Å². The van der Waals surface area contributed by atoms with Crippen LogP contribution >= 0.6 is 11.3 Å². The zero-order valence-electron chi connectivity index (χ0n) is 17.0. The van der Waals surface area contributed by atoms with Gasteiger partial charge in [0.25, 0.3) is 11.8 Å². The van der Waals surface area contributed by atoms with E-state index in [1.54, 1.807) is 55.0 Å². The summed E-state index contributed by atoms with van der Waals surface area (Å²) in [6.45, 7) is 2.24. The van der Waals surface area contributed by atoms with Gasteiger partial charge in [-0.3, -0.25) is 14.9 Å². The number of anilines is 2. The van der Waals surface area contributed by atoms with Gasteiger partial charge in [0.05, 0.1) is 19.3 Å². The van der Waals surface area contributed by atoms with E-state index in [9.17, 15) is 14.4 Å². The maximum absolute atomic E-state index is 12.5. The van der Waals surface area contributed by atoms with Crippen LogP contribution in [0.3, 0.4) is 0 Å². The predicted octanol–water partition coefficient (Wildman–Crippen LogP) is 4.22. The summed E-state index contributed by atoms with van der Waals surface area (Å²) < 4.78 is 10.2. The maximum atomic E-state index is 12.5. The highest BCUT2D eigenvalue weighted by molar-refractivity contribution is 7.14. The van der Waals surface area contributed by atoms with E-state index in [4.69, 9.17) is 9.47 Å². The van der Waals surface area contributed by atoms with Crippen molar-refractivity contribution in [1.29, 1.82) is 0 Å². The summed E-state index contributed by atoms with van der Waals surface area (Å²) in [7, 11) is 1.55. The normalized spacial score (nSPS) is 10.3. The molecule has 2 aromatic carbocycles. The second-order valence-corrected chi connectivity index (χ2v) is 7.25. The van der Waals surface area contributed by atoms with Gasteiger partial charge in [0.1, 0.15) is 11.4 Å². The van der Waals surface area contributed by atoms with Gasteiger partial charge in [0.2, 0.25) is 0 Å². The van der Waals surface area contributed by atoms with Crippen LogP contribution < -0.4 is 15.4 Å². The Bertz CT molecular complexity index is 1080. The molecule has 9 heteroatoms. The van der Waals surface area contributed by atoms with Crippen LogP contribution in [0.2, 0.25) is 0 Å². The van der Waals surface area contributed by atoms with Crippen molar-refractivity contribution in [2.45, 2.75) is 13.3 Å². The molecule has 0 aliphatic rings. The van der Waals surface area contributed by atoms with E-state index in [2.05, 4.69) is 15.6 Å². The molecule has 0 saturated heterocycles. The lowest BCUT2D eigenvalue weighted by Crippen LogP contribution is -2.15. The second-order valence-electron chi connectivity index (χ2n) is 6.39. The van der Waals surface area contributed by atoms with E-state index in [0.717, 1.165) is 17.8 Å². The van der Waals surface area contributed by atoms with Crippen molar-refractivity contribution >= 4 is 39.9 Å². The molecule has 3 aromatic rings. The Morgan fingerprint density at radius 1 is 1.00 bits per heavy atom. The quantitative estimate of drug-likeness (QED) is 0.509. The first kappa shape index (κ1) is 22.0. The van der Waals surface area contributed by atoms with Gasteiger partial charge in [0.15, 0.2) is 5.13 Å². The van der Waals surface area contributed by atoms with Crippen molar-refractivity contribution in [2.24, 2.45) is 0 Å². The minimum absolute atomic E-state index is 0.147. The number of ether oxygens (including phenoxy) is 2. The lowest BCUT2D eigenvalue weighted by molar-refractivity contribution is 0.0505. The van der Waals surface area contributed by atoms with Crippen LogP contribution in [0.15, 0.2) is 53.9 Å². The molecular weight excluding hydrogens is 418 g/mol. The van der Waals surface area contributed by atoms with Gasteiger partial charge in [-0.2, -0.15) is 0 Å². The first-order chi connectivity index (χ1) is 15.0. The van der Waals surface area contributed by atoms with Gasteiger partial charge in [-0.1, -0.05) is 13.0 Å². The fraction of sp³-hybridized carbons (Fsp3) is 0.182. The zero-order valence-corrected chi connectivity index (χ0v) is 17.8. The summed E-state index contributed by atoms with van der Waals surface area (Å²) in [6, 6.07) is 13.1. The van der Waals surface area contributed by atoms with Crippen LogP contribution in [0.4, 0.5) is 10.8 Å². The van der Waals surface area contributed by atoms with Gasteiger partial charge < -0.3 is 14.8 Å². The number of carbonyl (C=O) groups excluding carboxylic acids is 3. The molecule has 31 heavy (non-hydrogen) atoms. The minimum atomic E-state index is -0.458. The average Bonchev–Trinajstić information content (AvgIpc) is 3.26. The van der Waals surface area contributed by atoms with Crippen molar-refractivity contribution in [3.05, 3.63) is 70.7 Å². The van der Waals surface area contributed by atoms with Gasteiger partial charge in [0, 0.05) is 16.6 Å². The van der Waals surface area contributed by atoms with Crippen LogP contribution in [0.25, 0.3) is 0 Å². The zero-order chi connectivity index (χ0) is 22.2. The highest BCUT2D eigenvalue weighted by Crippen LogP contribution is 2.19. The van der Waals surface area contributed by atoms with Gasteiger partial charge >= 0.3 is 5.97 Å². The van der Waals surface area contributed by atoms with Gasteiger partial charge in [-0.05, 0) is 48.9 Å². The molecule has 0 atom stereocenters. The summed E-state index contributed by atoms with van der Waals surface area (Å²) in [6.07, 6.45) is 0.726.